The van der Waals surface area contributed by atoms with E-state index in [1.165, 1.54) is 4.31 Å². The molecule has 0 aromatic heterocycles. The molecule has 0 aliphatic carbocycles. The molecule has 0 saturated carbocycles. The van der Waals surface area contributed by atoms with Gasteiger partial charge in [0.05, 0.1) is 11.4 Å². The van der Waals surface area contributed by atoms with E-state index in [1.807, 2.05) is 67.8 Å². The average Bonchev–Trinajstić information content (AvgIpc) is 2.65. The zero-order valence-electron chi connectivity index (χ0n) is 15.1. The number of rotatable bonds is 7. The molecule has 0 heterocycles. The maximum atomic E-state index is 12.9. The Kier molecular flexibility index (Phi) is 7.99. The predicted molar refractivity (Wildman–Crippen MR) is 109 cm³/mol. The molecule has 2 aromatic rings. The zero-order chi connectivity index (χ0) is 18.8. The van der Waals surface area contributed by atoms with E-state index in [4.69, 9.17) is 0 Å². The Bertz CT molecular complexity index is 877. The second-order valence-electron chi connectivity index (χ2n) is 5.62. The summed E-state index contributed by atoms with van der Waals surface area (Å²) < 4.78 is 27.2. The second kappa shape index (κ2) is 10.2. The maximum absolute atomic E-state index is 12.9. The van der Waals surface area contributed by atoms with Crippen LogP contribution in [0.3, 0.4) is 0 Å². The Morgan fingerprint density at radius 3 is 2.38 bits per heavy atom. The number of hydrogen-bond acceptors (Lipinski definition) is 3. The first kappa shape index (κ1) is 20.3. The van der Waals surface area contributed by atoms with Crippen molar-refractivity contribution in [2.24, 2.45) is 0 Å². The first-order chi connectivity index (χ1) is 12.5. The summed E-state index contributed by atoms with van der Waals surface area (Å²) in [7, 11) is -3.57. The highest BCUT2D eigenvalue weighted by Gasteiger charge is 2.22. The molecule has 0 bridgehead atoms. The van der Waals surface area contributed by atoms with Crippen LogP contribution in [0.2, 0.25) is 0 Å². The van der Waals surface area contributed by atoms with Crippen molar-refractivity contribution in [2.45, 2.75) is 30.1 Å². The molecule has 0 unspecified atom stereocenters. The Morgan fingerprint density at radius 1 is 1.04 bits per heavy atom. The molecular formula is C21H23NO2S2. The van der Waals surface area contributed by atoms with Crippen molar-refractivity contribution < 1.29 is 8.42 Å². The van der Waals surface area contributed by atoms with Crippen molar-refractivity contribution in [3.8, 4) is 11.8 Å². The van der Waals surface area contributed by atoms with E-state index < -0.39 is 10.0 Å². The Hall–Kier alpha value is -2.00. The SMILES string of the molecule is CCC#CCN(C/C=C/Sc1ccccc1)S(=O)(=O)c1ccc(C)cc1. The van der Waals surface area contributed by atoms with Gasteiger partial charge in [0.1, 0.15) is 0 Å². The van der Waals surface area contributed by atoms with Gasteiger partial charge in [-0.1, -0.05) is 66.6 Å². The van der Waals surface area contributed by atoms with Gasteiger partial charge in [-0.25, -0.2) is 8.42 Å². The highest BCUT2D eigenvalue weighted by Crippen LogP contribution is 2.19. The lowest BCUT2D eigenvalue weighted by Crippen LogP contribution is -2.31. The third-order valence-corrected chi connectivity index (χ3v) is 6.27. The number of thioether (sulfide) groups is 1. The molecule has 0 amide bonds. The van der Waals surface area contributed by atoms with Crippen molar-refractivity contribution in [1.82, 2.24) is 4.31 Å². The Balaban J connectivity index is 2.13. The number of sulfonamides is 1. The van der Waals surface area contributed by atoms with Crippen LogP contribution in [0.15, 0.2) is 75.9 Å². The normalized spacial score (nSPS) is 11.5. The molecule has 5 heteroatoms. The van der Waals surface area contributed by atoms with Crippen LogP contribution in [-0.2, 0) is 10.0 Å². The van der Waals surface area contributed by atoms with E-state index in [-0.39, 0.29) is 13.1 Å². The van der Waals surface area contributed by atoms with Gasteiger partial charge in [0.25, 0.3) is 0 Å². The third kappa shape index (κ3) is 6.06. The highest BCUT2D eigenvalue weighted by molar-refractivity contribution is 8.02. The second-order valence-corrected chi connectivity index (χ2v) is 8.54. The third-order valence-electron chi connectivity index (χ3n) is 3.57. The number of aryl methyl sites for hydroxylation is 1. The zero-order valence-corrected chi connectivity index (χ0v) is 16.7. The van der Waals surface area contributed by atoms with Gasteiger partial charge in [0.2, 0.25) is 10.0 Å². The van der Waals surface area contributed by atoms with E-state index >= 15 is 0 Å². The lowest BCUT2D eigenvalue weighted by atomic mass is 10.2. The molecule has 2 aromatic carbocycles. The van der Waals surface area contributed by atoms with E-state index in [0.29, 0.717) is 11.3 Å². The van der Waals surface area contributed by atoms with E-state index in [2.05, 4.69) is 11.8 Å². The molecule has 26 heavy (non-hydrogen) atoms. The molecule has 0 spiro atoms. The van der Waals surface area contributed by atoms with Crippen LogP contribution in [0, 0.1) is 18.8 Å². The van der Waals surface area contributed by atoms with Crippen molar-refractivity contribution in [3.05, 3.63) is 71.6 Å². The Labute approximate surface area is 161 Å². The molecule has 0 aliphatic heterocycles. The fourth-order valence-electron chi connectivity index (χ4n) is 2.16. The molecule has 136 valence electrons. The van der Waals surface area contributed by atoms with Crippen molar-refractivity contribution in [2.75, 3.05) is 13.1 Å². The van der Waals surface area contributed by atoms with E-state index in [0.717, 1.165) is 10.5 Å². The minimum atomic E-state index is -3.57. The molecule has 0 fully saturated rings. The topological polar surface area (TPSA) is 37.4 Å². The van der Waals surface area contributed by atoms with Gasteiger partial charge < -0.3 is 0 Å². The predicted octanol–water partition coefficient (Wildman–Crippen LogP) is 4.71. The summed E-state index contributed by atoms with van der Waals surface area (Å²) in [5.74, 6) is 5.88. The smallest absolute Gasteiger partial charge is 0.207 e. The largest absolute Gasteiger partial charge is 0.244 e. The molecular weight excluding hydrogens is 362 g/mol. The van der Waals surface area contributed by atoms with Gasteiger partial charge in [0, 0.05) is 17.9 Å². The van der Waals surface area contributed by atoms with Gasteiger partial charge in [-0.15, -0.1) is 5.92 Å². The molecule has 0 saturated heterocycles. The van der Waals surface area contributed by atoms with Gasteiger partial charge >= 0.3 is 0 Å². The standard InChI is InChI=1S/C21H23NO2S2/c1-3-4-8-16-22(17-9-18-25-20-10-6-5-7-11-20)26(23,24)21-14-12-19(2)13-15-21/h5-7,9-15,18H,3,16-17H2,1-2H3/b18-9+. The van der Waals surface area contributed by atoms with Crippen LogP contribution in [0.4, 0.5) is 0 Å². The maximum Gasteiger partial charge on any atom is 0.244 e. The number of hydrogen-bond donors (Lipinski definition) is 0. The Morgan fingerprint density at radius 2 is 1.73 bits per heavy atom. The van der Waals surface area contributed by atoms with Crippen molar-refractivity contribution in [3.63, 3.8) is 0 Å². The summed E-state index contributed by atoms with van der Waals surface area (Å²) >= 11 is 1.56. The van der Waals surface area contributed by atoms with Crippen LogP contribution >= 0.6 is 11.8 Å². The minimum absolute atomic E-state index is 0.185. The van der Waals surface area contributed by atoms with Crippen molar-refractivity contribution in [1.29, 1.82) is 0 Å². The van der Waals surface area contributed by atoms with Gasteiger partial charge in [-0.2, -0.15) is 4.31 Å². The summed E-state index contributed by atoms with van der Waals surface area (Å²) in [6, 6.07) is 16.9. The van der Waals surface area contributed by atoms with Crippen LogP contribution in [-0.4, -0.2) is 25.8 Å². The lowest BCUT2D eigenvalue weighted by Gasteiger charge is -2.18. The first-order valence-corrected chi connectivity index (χ1v) is 10.7. The van der Waals surface area contributed by atoms with E-state index in [9.17, 15) is 8.42 Å². The quantitative estimate of drug-likeness (QED) is 0.512. The molecule has 0 aliphatic rings. The summed E-state index contributed by atoms with van der Waals surface area (Å²) in [5, 5.41) is 1.92. The summed E-state index contributed by atoms with van der Waals surface area (Å²) in [5.41, 5.74) is 1.03. The average molecular weight is 386 g/mol. The van der Waals surface area contributed by atoms with Crippen LogP contribution in [0.25, 0.3) is 0 Å². The highest BCUT2D eigenvalue weighted by atomic mass is 32.2. The number of nitrogens with zero attached hydrogens (tertiary/aromatic N) is 1. The van der Waals surface area contributed by atoms with Crippen LogP contribution in [0.5, 0.6) is 0 Å². The molecule has 3 nitrogen and oxygen atoms in total. The molecule has 0 atom stereocenters. The monoisotopic (exact) mass is 385 g/mol. The van der Waals surface area contributed by atoms with Gasteiger partial charge in [0.15, 0.2) is 0 Å². The fraction of sp³-hybridized carbons (Fsp3) is 0.238. The lowest BCUT2D eigenvalue weighted by molar-refractivity contribution is 0.478. The molecule has 0 radical (unpaired) electrons. The molecule has 0 N–H and O–H groups in total. The van der Waals surface area contributed by atoms with Crippen molar-refractivity contribution >= 4 is 21.8 Å². The summed E-state index contributed by atoms with van der Waals surface area (Å²) in [6.45, 7) is 4.35. The fourth-order valence-corrected chi connectivity index (χ4v) is 4.11. The minimum Gasteiger partial charge on any atom is -0.207 e. The summed E-state index contributed by atoms with van der Waals surface area (Å²) in [4.78, 5) is 1.41. The van der Waals surface area contributed by atoms with Crippen LogP contribution < -0.4 is 0 Å². The van der Waals surface area contributed by atoms with Gasteiger partial charge in [-0.05, 0) is 36.6 Å². The first-order valence-electron chi connectivity index (χ1n) is 8.43. The number of benzene rings is 2. The summed E-state index contributed by atoms with van der Waals surface area (Å²) in [6.07, 6.45) is 2.56. The van der Waals surface area contributed by atoms with Gasteiger partial charge in [-0.3, -0.25) is 0 Å². The molecule has 2 rings (SSSR count). The van der Waals surface area contributed by atoms with Crippen LogP contribution in [0.1, 0.15) is 18.9 Å². The van der Waals surface area contributed by atoms with E-state index in [1.54, 1.807) is 23.9 Å².